The fourth-order valence-corrected chi connectivity index (χ4v) is 2.36. The molecule has 1 atom stereocenters. The van der Waals surface area contributed by atoms with Gasteiger partial charge in [0.05, 0.1) is 5.41 Å². The maximum absolute atomic E-state index is 11.3. The molecule has 1 unspecified atom stereocenters. The van der Waals surface area contributed by atoms with Crippen molar-refractivity contribution in [1.82, 2.24) is 4.90 Å². The van der Waals surface area contributed by atoms with Crippen molar-refractivity contribution in [2.45, 2.75) is 52.5 Å². The van der Waals surface area contributed by atoms with Gasteiger partial charge in [0.1, 0.15) is 0 Å². The fourth-order valence-electron chi connectivity index (χ4n) is 2.30. The number of hydrogen-bond acceptors (Lipinski definition) is 2. The van der Waals surface area contributed by atoms with Crippen LogP contribution < -0.4 is 0 Å². The third-order valence-electron chi connectivity index (χ3n) is 3.35. The summed E-state index contributed by atoms with van der Waals surface area (Å²) in [6.07, 6.45) is 5.02. The van der Waals surface area contributed by atoms with E-state index in [1.54, 1.807) is 0 Å². The van der Waals surface area contributed by atoms with Crippen molar-refractivity contribution >= 4 is 16.8 Å². The second-order valence-electron chi connectivity index (χ2n) is 5.19. The molecule has 0 aromatic rings. The van der Waals surface area contributed by atoms with Gasteiger partial charge in [0.15, 0.2) is 0 Å². The first kappa shape index (κ1) is 13.0. The highest BCUT2D eigenvalue weighted by Gasteiger charge is 2.31. The fraction of sp³-hybridized carbons (Fsp3) is 0.917. The zero-order valence-corrected chi connectivity index (χ0v) is 10.8. The predicted molar refractivity (Wildman–Crippen MR) is 64.1 cm³/mol. The van der Waals surface area contributed by atoms with Gasteiger partial charge in [-0.3, -0.25) is 9.69 Å². The molecule has 0 spiro atoms. The molecule has 0 aromatic heterocycles. The molecule has 1 aliphatic rings. The first-order valence-electron chi connectivity index (χ1n) is 5.91. The molecule has 3 heteroatoms. The summed E-state index contributed by atoms with van der Waals surface area (Å²) in [6.45, 7) is 8.01. The monoisotopic (exact) mass is 231 g/mol. The molecule has 0 aliphatic carbocycles. The summed E-state index contributed by atoms with van der Waals surface area (Å²) in [4.78, 5) is 13.7. The first-order chi connectivity index (χ1) is 6.97. The quantitative estimate of drug-likeness (QED) is 0.694. The van der Waals surface area contributed by atoms with Gasteiger partial charge in [0.25, 0.3) is 0 Å². The largest absolute Gasteiger partial charge is 0.299 e. The smallest absolute Gasteiger partial charge is 0.228 e. The maximum Gasteiger partial charge on any atom is 0.228 e. The highest BCUT2D eigenvalue weighted by molar-refractivity contribution is 6.64. The van der Waals surface area contributed by atoms with Crippen molar-refractivity contribution in [1.29, 1.82) is 0 Å². The molecule has 1 fully saturated rings. The molecule has 2 nitrogen and oxygen atoms in total. The number of likely N-dealkylation sites (tertiary alicyclic amines) is 1. The molecule has 0 N–H and O–H groups in total. The lowest BCUT2D eigenvalue weighted by Crippen LogP contribution is -2.45. The summed E-state index contributed by atoms with van der Waals surface area (Å²) in [7, 11) is 0. The Labute approximate surface area is 98.0 Å². The molecule has 1 aliphatic heterocycles. The van der Waals surface area contributed by atoms with Crippen molar-refractivity contribution in [2.75, 3.05) is 13.1 Å². The van der Waals surface area contributed by atoms with E-state index in [4.69, 9.17) is 11.6 Å². The van der Waals surface area contributed by atoms with Crippen LogP contribution in [0, 0.1) is 5.41 Å². The molecule has 88 valence electrons. The standard InChI is InChI=1S/C12H22ClNO/c1-4-10-7-5-6-8-14(10)9-12(2,3)11(13)15/h10H,4-9H2,1-3H3. The van der Waals surface area contributed by atoms with Gasteiger partial charge in [-0.15, -0.1) is 0 Å². The van der Waals surface area contributed by atoms with Crippen LogP contribution in [0.3, 0.4) is 0 Å². The van der Waals surface area contributed by atoms with Crippen molar-refractivity contribution in [3.05, 3.63) is 0 Å². The lowest BCUT2D eigenvalue weighted by Gasteiger charge is -2.39. The zero-order valence-electron chi connectivity index (χ0n) is 10.1. The molecule has 0 bridgehead atoms. The van der Waals surface area contributed by atoms with Gasteiger partial charge in [-0.2, -0.15) is 0 Å². The highest BCUT2D eigenvalue weighted by Crippen LogP contribution is 2.26. The van der Waals surface area contributed by atoms with Crippen LogP contribution in [0.5, 0.6) is 0 Å². The average molecular weight is 232 g/mol. The third-order valence-corrected chi connectivity index (χ3v) is 3.86. The predicted octanol–water partition coefficient (Wildman–Crippen LogP) is 3.04. The van der Waals surface area contributed by atoms with E-state index in [1.807, 2.05) is 13.8 Å². The van der Waals surface area contributed by atoms with Gasteiger partial charge < -0.3 is 0 Å². The Bertz CT molecular complexity index is 228. The van der Waals surface area contributed by atoms with E-state index in [9.17, 15) is 4.79 Å². The summed E-state index contributed by atoms with van der Waals surface area (Å²) >= 11 is 5.61. The van der Waals surface area contributed by atoms with E-state index in [1.165, 1.54) is 25.7 Å². The van der Waals surface area contributed by atoms with Crippen LogP contribution in [0.2, 0.25) is 0 Å². The summed E-state index contributed by atoms with van der Waals surface area (Å²) < 4.78 is 0. The van der Waals surface area contributed by atoms with Crippen molar-refractivity contribution in [3.8, 4) is 0 Å². The molecule has 0 radical (unpaired) electrons. The number of rotatable bonds is 4. The first-order valence-corrected chi connectivity index (χ1v) is 6.29. The molecule has 0 amide bonds. The normalized spacial score (nSPS) is 24.1. The number of carbonyl (C=O) groups is 1. The van der Waals surface area contributed by atoms with Crippen LogP contribution in [-0.4, -0.2) is 29.3 Å². The van der Waals surface area contributed by atoms with Gasteiger partial charge in [-0.25, -0.2) is 0 Å². The zero-order chi connectivity index (χ0) is 11.5. The Kier molecular flexibility index (Phi) is 4.60. The molecule has 0 saturated carbocycles. The minimum atomic E-state index is -0.410. The Morgan fingerprint density at radius 1 is 1.47 bits per heavy atom. The highest BCUT2D eigenvalue weighted by atomic mass is 35.5. The van der Waals surface area contributed by atoms with Crippen molar-refractivity contribution < 1.29 is 4.79 Å². The molecule has 1 heterocycles. The Balaban J connectivity index is 2.58. The molecule has 1 saturated heterocycles. The number of nitrogens with zero attached hydrogens (tertiary/aromatic N) is 1. The summed E-state index contributed by atoms with van der Waals surface area (Å²) in [5.74, 6) is 0. The van der Waals surface area contributed by atoms with Crippen LogP contribution in [-0.2, 0) is 4.79 Å². The molecular formula is C12H22ClNO. The van der Waals surface area contributed by atoms with Crippen LogP contribution in [0.1, 0.15) is 46.5 Å². The topological polar surface area (TPSA) is 20.3 Å². The van der Waals surface area contributed by atoms with Crippen molar-refractivity contribution in [3.63, 3.8) is 0 Å². The van der Waals surface area contributed by atoms with Crippen LogP contribution >= 0.6 is 11.6 Å². The summed E-state index contributed by atoms with van der Waals surface area (Å²) in [6, 6.07) is 0.647. The lowest BCUT2D eigenvalue weighted by atomic mass is 9.91. The number of piperidine rings is 1. The van der Waals surface area contributed by atoms with Gasteiger partial charge in [-0.1, -0.05) is 27.2 Å². The van der Waals surface area contributed by atoms with Crippen LogP contribution in [0.15, 0.2) is 0 Å². The van der Waals surface area contributed by atoms with Gasteiger partial charge in [-0.05, 0) is 37.4 Å². The minimum Gasteiger partial charge on any atom is -0.299 e. The molecule has 0 aromatic carbocycles. The van der Waals surface area contributed by atoms with E-state index in [2.05, 4.69) is 11.8 Å². The summed E-state index contributed by atoms with van der Waals surface area (Å²) in [5.41, 5.74) is -0.410. The number of halogens is 1. The van der Waals surface area contributed by atoms with E-state index >= 15 is 0 Å². The molecular weight excluding hydrogens is 210 g/mol. The van der Waals surface area contributed by atoms with E-state index in [-0.39, 0.29) is 5.24 Å². The van der Waals surface area contributed by atoms with Crippen molar-refractivity contribution in [2.24, 2.45) is 5.41 Å². The second kappa shape index (κ2) is 5.31. The van der Waals surface area contributed by atoms with E-state index in [0.717, 1.165) is 13.1 Å². The number of carbonyl (C=O) groups excluding carboxylic acids is 1. The maximum atomic E-state index is 11.3. The van der Waals surface area contributed by atoms with E-state index in [0.29, 0.717) is 6.04 Å². The summed E-state index contributed by atoms with van der Waals surface area (Å²) in [5, 5.41) is -0.220. The van der Waals surface area contributed by atoms with Gasteiger partial charge >= 0.3 is 0 Å². The average Bonchev–Trinajstić information content (AvgIpc) is 2.18. The Morgan fingerprint density at radius 2 is 2.13 bits per heavy atom. The second-order valence-corrected chi connectivity index (χ2v) is 5.53. The van der Waals surface area contributed by atoms with Gasteiger partial charge in [0.2, 0.25) is 5.24 Å². The molecule has 15 heavy (non-hydrogen) atoms. The van der Waals surface area contributed by atoms with Crippen LogP contribution in [0.4, 0.5) is 0 Å². The molecule has 1 rings (SSSR count). The Morgan fingerprint density at radius 3 is 2.67 bits per heavy atom. The van der Waals surface area contributed by atoms with E-state index < -0.39 is 5.41 Å². The minimum absolute atomic E-state index is 0.220. The third kappa shape index (κ3) is 3.46. The van der Waals surface area contributed by atoms with Crippen LogP contribution in [0.25, 0.3) is 0 Å². The number of hydrogen-bond donors (Lipinski definition) is 0. The van der Waals surface area contributed by atoms with Gasteiger partial charge in [0, 0.05) is 12.6 Å². The SMILES string of the molecule is CCC1CCCCN1CC(C)(C)C(=O)Cl. The Hall–Kier alpha value is -0.0800. The lowest BCUT2D eigenvalue weighted by molar-refractivity contribution is -0.120.